The highest BCUT2D eigenvalue weighted by Gasteiger charge is 2.14. The number of hydrogen-bond acceptors (Lipinski definition) is 3. The van der Waals surface area contributed by atoms with Crippen LogP contribution in [0.25, 0.3) is 10.8 Å². The summed E-state index contributed by atoms with van der Waals surface area (Å²) in [4.78, 5) is 14.1. The van der Waals surface area contributed by atoms with E-state index in [4.69, 9.17) is 0 Å². The van der Waals surface area contributed by atoms with Crippen molar-refractivity contribution in [3.8, 4) is 0 Å². The van der Waals surface area contributed by atoms with Crippen LogP contribution in [0.4, 0.5) is 5.95 Å². The third-order valence-corrected chi connectivity index (χ3v) is 3.42. The van der Waals surface area contributed by atoms with Crippen LogP contribution in [0.15, 0.2) is 55.1 Å². The molecule has 0 spiro atoms. The fourth-order valence-electron chi connectivity index (χ4n) is 2.39. The monoisotopic (exact) mass is 283 g/mol. The SMILES string of the molecule is O=[N+]([O-])c1nccn1CCC[n+]1ccc2ccccc2c1. The molecular weight excluding hydrogens is 268 g/mol. The number of rotatable bonds is 5. The zero-order chi connectivity index (χ0) is 14.7. The first-order chi connectivity index (χ1) is 10.2. The van der Waals surface area contributed by atoms with Crippen molar-refractivity contribution in [2.75, 3.05) is 0 Å². The van der Waals surface area contributed by atoms with E-state index in [0.29, 0.717) is 6.54 Å². The molecule has 0 amide bonds. The molecule has 0 bridgehead atoms. The lowest BCUT2D eigenvalue weighted by Gasteiger charge is -2.01. The molecule has 0 saturated carbocycles. The number of fused-ring (bicyclic) bond motifs is 1. The van der Waals surface area contributed by atoms with E-state index in [2.05, 4.69) is 33.9 Å². The predicted molar refractivity (Wildman–Crippen MR) is 77.6 cm³/mol. The molecule has 6 heteroatoms. The van der Waals surface area contributed by atoms with Gasteiger partial charge < -0.3 is 10.1 Å². The standard InChI is InChI=1S/C15H15N4O2/c20-19(21)15-16-7-11-18(15)9-3-8-17-10-6-13-4-1-2-5-14(13)12-17/h1-2,4-7,10-12H,3,8-9H2/q+1. The molecule has 2 heterocycles. The van der Waals surface area contributed by atoms with Crippen molar-refractivity contribution in [1.82, 2.24) is 9.55 Å². The molecule has 3 aromatic rings. The molecular formula is C15H15N4O2+. The van der Waals surface area contributed by atoms with Gasteiger partial charge in [-0.15, -0.1) is 0 Å². The van der Waals surface area contributed by atoms with Crippen LogP contribution in [0.5, 0.6) is 0 Å². The maximum Gasteiger partial charge on any atom is 0.434 e. The minimum Gasteiger partial charge on any atom is -0.390 e. The fourth-order valence-corrected chi connectivity index (χ4v) is 2.39. The molecule has 1 aromatic carbocycles. The second kappa shape index (κ2) is 5.70. The topological polar surface area (TPSA) is 64.8 Å². The third kappa shape index (κ3) is 2.89. The third-order valence-electron chi connectivity index (χ3n) is 3.42. The van der Waals surface area contributed by atoms with E-state index >= 15 is 0 Å². The van der Waals surface area contributed by atoms with Gasteiger partial charge >= 0.3 is 5.95 Å². The largest absolute Gasteiger partial charge is 0.434 e. The Hall–Kier alpha value is -2.76. The second-order valence-corrected chi connectivity index (χ2v) is 4.84. The summed E-state index contributed by atoms with van der Waals surface area (Å²) in [6, 6.07) is 10.3. The molecule has 0 atom stereocenters. The Labute approximate surface area is 121 Å². The van der Waals surface area contributed by atoms with E-state index in [1.165, 1.54) is 17.0 Å². The van der Waals surface area contributed by atoms with Crippen LogP contribution in [-0.4, -0.2) is 14.5 Å². The van der Waals surface area contributed by atoms with Gasteiger partial charge in [-0.2, -0.15) is 0 Å². The number of nitrogens with zero attached hydrogens (tertiary/aromatic N) is 4. The van der Waals surface area contributed by atoms with Gasteiger partial charge in [-0.3, -0.25) is 0 Å². The maximum absolute atomic E-state index is 10.8. The van der Waals surface area contributed by atoms with Gasteiger partial charge in [-0.25, -0.2) is 9.13 Å². The molecule has 0 unspecified atom stereocenters. The van der Waals surface area contributed by atoms with Crippen LogP contribution >= 0.6 is 0 Å². The molecule has 0 aliphatic carbocycles. The van der Waals surface area contributed by atoms with Gasteiger partial charge in [0.1, 0.15) is 12.4 Å². The summed E-state index contributed by atoms with van der Waals surface area (Å²) < 4.78 is 3.67. The van der Waals surface area contributed by atoms with E-state index in [9.17, 15) is 10.1 Å². The number of hydrogen-bond donors (Lipinski definition) is 0. The lowest BCUT2D eigenvalue weighted by molar-refractivity contribution is -0.696. The molecule has 0 radical (unpaired) electrons. The molecule has 0 aliphatic heterocycles. The molecule has 0 N–H and O–H groups in total. The number of aromatic nitrogens is 3. The van der Waals surface area contributed by atoms with Crippen molar-refractivity contribution in [3.05, 3.63) is 65.2 Å². The zero-order valence-electron chi connectivity index (χ0n) is 11.4. The summed E-state index contributed by atoms with van der Waals surface area (Å²) in [5, 5.41) is 13.2. The zero-order valence-corrected chi connectivity index (χ0v) is 11.4. The van der Waals surface area contributed by atoms with Gasteiger partial charge in [-0.1, -0.05) is 23.2 Å². The smallest absolute Gasteiger partial charge is 0.390 e. The first kappa shape index (κ1) is 13.2. The summed E-state index contributed by atoms with van der Waals surface area (Å²) in [6.07, 6.45) is 8.03. The number of pyridine rings is 1. The maximum atomic E-state index is 10.8. The Balaban J connectivity index is 1.66. The lowest BCUT2D eigenvalue weighted by atomic mass is 10.2. The predicted octanol–water partition coefficient (Wildman–Crippen LogP) is 2.32. The molecule has 106 valence electrons. The molecule has 21 heavy (non-hydrogen) atoms. The van der Waals surface area contributed by atoms with Crippen molar-refractivity contribution < 1.29 is 9.49 Å². The summed E-state index contributed by atoms with van der Waals surface area (Å²) >= 11 is 0. The Bertz CT molecular complexity index is 782. The Kier molecular flexibility index (Phi) is 3.59. The van der Waals surface area contributed by atoms with Gasteiger partial charge in [0.25, 0.3) is 0 Å². The van der Waals surface area contributed by atoms with E-state index in [1.54, 1.807) is 10.8 Å². The van der Waals surface area contributed by atoms with Crippen LogP contribution in [0.2, 0.25) is 0 Å². The van der Waals surface area contributed by atoms with Crippen molar-refractivity contribution in [3.63, 3.8) is 0 Å². The molecule has 2 aromatic heterocycles. The van der Waals surface area contributed by atoms with Gasteiger partial charge in [0.2, 0.25) is 0 Å². The van der Waals surface area contributed by atoms with Gasteiger partial charge in [0.05, 0.1) is 6.54 Å². The van der Waals surface area contributed by atoms with Crippen LogP contribution in [0, 0.1) is 10.1 Å². The Morgan fingerprint density at radius 2 is 2.05 bits per heavy atom. The number of imidazole rings is 1. The lowest BCUT2D eigenvalue weighted by Crippen LogP contribution is -2.33. The summed E-state index contributed by atoms with van der Waals surface area (Å²) in [5.41, 5.74) is 0. The quantitative estimate of drug-likeness (QED) is 0.410. The first-order valence-electron chi connectivity index (χ1n) is 6.77. The summed E-state index contributed by atoms with van der Waals surface area (Å²) in [7, 11) is 0. The number of benzene rings is 1. The van der Waals surface area contributed by atoms with Crippen molar-refractivity contribution in [2.45, 2.75) is 19.5 Å². The van der Waals surface area contributed by atoms with Crippen molar-refractivity contribution >= 4 is 16.7 Å². The average molecular weight is 283 g/mol. The number of nitro groups is 1. The van der Waals surface area contributed by atoms with Crippen LogP contribution < -0.4 is 4.57 Å². The van der Waals surface area contributed by atoms with Crippen LogP contribution in [0.1, 0.15) is 6.42 Å². The van der Waals surface area contributed by atoms with Gasteiger partial charge in [-0.05, 0) is 16.4 Å². The minimum atomic E-state index is -0.455. The molecule has 3 rings (SSSR count). The fraction of sp³-hybridized carbons (Fsp3) is 0.200. The van der Waals surface area contributed by atoms with E-state index in [0.717, 1.165) is 13.0 Å². The summed E-state index contributed by atoms with van der Waals surface area (Å²) in [6.45, 7) is 1.39. The average Bonchev–Trinajstić information content (AvgIpc) is 2.96. The minimum absolute atomic E-state index is 0.0986. The van der Waals surface area contributed by atoms with Crippen molar-refractivity contribution in [1.29, 1.82) is 0 Å². The molecule has 0 fully saturated rings. The highest BCUT2D eigenvalue weighted by Crippen LogP contribution is 2.10. The molecule has 0 aliphatic rings. The molecule has 6 nitrogen and oxygen atoms in total. The van der Waals surface area contributed by atoms with Crippen LogP contribution in [-0.2, 0) is 13.1 Å². The normalized spacial score (nSPS) is 10.9. The number of aryl methyl sites for hydroxylation is 2. The van der Waals surface area contributed by atoms with Crippen LogP contribution in [0.3, 0.4) is 0 Å². The highest BCUT2D eigenvalue weighted by molar-refractivity contribution is 5.80. The van der Waals surface area contributed by atoms with Crippen molar-refractivity contribution in [2.24, 2.45) is 0 Å². The van der Waals surface area contributed by atoms with Gasteiger partial charge in [0, 0.05) is 17.9 Å². The second-order valence-electron chi connectivity index (χ2n) is 4.84. The molecule has 0 saturated heterocycles. The van der Waals surface area contributed by atoms with E-state index in [-0.39, 0.29) is 5.95 Å². The Morgan fingerprint density at radius 3 is 2.86 bits per heavy atom. The van der Waals surface area contributed by atoms with Gasteiger partial charge in [0.15, 0.2) is 18.9 Å². The van der Waals surface area contributed by atoms with E-state index < -0.39 is 4.92 Å². The van der Waals surface area contributed by atoms with E-state index in [1.807, 2.05) is 18.3 Å². The Morgan fingerprint density at radius 1 is 1.24 bits per heavy atom. The first-order valence-corrected chi connectivity index (χ1v) is 6.77. The summed E-state index contributed by atoms with van der Waals surface area (Å²) in [5.74, 6) is -0.0986. The highest BCUT2D eigenvalue weighted by atomic mass is 16.6.